The first-order chi connectivity index (χ1) is 14.5. The van der Waals surface area contributed by atoms with Crippen molar-refractivity contribution in [3.63, 3.8) is 0 Å². The lowest BCUT2D eigenvalue weighted by Crippen LogP contribution is -2.43. The van der Waals surface area contributed by atoms with Gasteiger partial charge in [-0.15, -0.1) is 0 Å². The van der Waals surface area contributed by atoms with Gasteiger partial charge in [-0.25, -0.2) is 0 Å². The van der Waals surface area contributed by atoms with E-state index in [1.807, 2.05) is 6.92 Å². The zero-order valence-corrected chi connectivity index (χ0v) is 16.6. The third-order valence-electron chi connectivity index (χ3n) is 4.48. The van der Waals surface area contributed by atoms with Gasteiger partial charge in [-0.05, 0) is 37.3 Å². The minimum Gasteiger partial charge on any atom is -0.493 e. The molecule has 30 heavy (non-hydrogen) atoms. The molecule has 0 aromatic heterocycles. The minimum absolute atomic E-state index is 0.0923. The van der Waals surface area contributed by atoms with Crippen molar-refractivity contribution in [2.45, 2.75) is 13.3 Å². The quantitative estimate of drug-likeness (QED) is 0.528. The van der Waals surface area contributed by atoms with Crippen LogP contribution >= 0.6 is 0 Å². The molecule has 2 aromatic rings. The molecule has 9 heteroatoms. The number of ether oxygens (including phenoxy) is 2. The lowest BCUT2D eigenvalue weighted by atomic mass is 10.1. The van der Waals surface area contributed by atoms with Crippen molar-refractivity contribution in [3.8, 4) is 11.5 Å². The van der Waals surface area contributed by atoms with Crippen LogP contribution < -0.4 is 20.3 Å². The van der Waals surface area contributed by atoms with E-state index in [2.05, 4.69) is 10.9 Å². The van der Waals surface area contributed by atoms with Crippen LogP contribution in [0.2, 0.25) is 0 Å². The normalized spacial score (nSPS) is 12.4. The van der Waals surface area contributed by atoms with E-state index in [9.17, 15) is 19.2 Å². The molecule has 0 aliphatic carbocycles. The van der Waals surface area contributed by atoms with Gasteiger partial charge < -0.3 is 9.47 Å². The topological polar surface area (TPSA) is 114 Å². The molecule has 0 bridgehead atoms. The van der Waals surface area contributed by atoms with Crippen LogP contribution in [0.15, 0.2) is 42.5 Å². The van der Waals surface area contributed by atoms with Crippen LogP contribution in [0.4, 0.5) is 0 Å². The average molecular weight is 411 g/mol. The van der Waals surface area contributed by atoms with Crippen molar-refractivity contribution in [2.24, 2.45) is 0 Å². The molecule has 0 radical (unpaired) electrons. The summed E-state index contributed by atoms with van der Waals surface area (Å²) in [6.07, 6.45) is -0.154. The third kappa shape index (κ3) is 4.24. The highest BCUT2D eigenvalue weighted by Gasteiger charge is 2.34. The fourth-order valence-electron chi connectivity index (χ4n) is 3.00. The zero-order chi connectivity index (χ0) is 21.7. The Hall–Kier alpha value is -3.88. The van der Waals surface area contributed by atoms with Crippen LogP contribution in [0.1, 0.15) is 44.4 Å². The highest BCUT2D eigenvalue weighted by atomic mass is 16.5. The number of fused-ring (bicyclic) bond motifs is 1. The SMILES string of the molecule is CCOc1ccc(C(=O)NNC(=O)CCN2C(=O)c3ccccc3C2=O)cc1OC. The summed E-state index contributed by atoms with van der Waals surface area (Å²) in [5.74, 6) is -1.07. The summed E-state index contributed by atoms with van der Waals surface area (Å²) < 4.78 is 10.6. The molecule has 0 unspecified atom stereocenters. The number of imide groups is 1. The van der Waals surface area contributed by atoms with Gasteiger partial charge in [0, 0.05) is 18.5 Å². The largest absolute Gasteiger partial charge is 0.493 e. The lowest BCUT2D eigenvalue weighted by Gasteiger charge is -2.14. The second-order valence-electron chi connectivity index (χ2n) is 6.36. The summed E-state index contributed by atoms with van der Waals surface area (Å²) in [4.78, 5) is 49.9. The van der Waals surface area contributed by atoms with E-state index in [0.717, 1.165) is 4.90 Å². The Labute approximate surface area is 172 Å². The number of methoxy groups -OCH3 is 1. The van der Waals surface area contributed by atoms with Crippen molar-refractivity contribution in [3.05, 3.63) is 59.2 Å². The van der Waals surface area contributed by atoms with Gasteiger partial charge in [0.05, 0.1) is 24.8 Å². The van der Waals surface area contributed by atoms with Crippen LogP contribution in [0.3, 0.4) is 0 Å². The van der Waals surface area contributed by atoms with Crippen LogP contribution in [0.5, 0.6) is 11.5 Å². The molecule has 0 fully saturated rings. The summed E-state index contributed by atoms with van der Waals surface area (Å²) in [6.45, 7) is 2.19. The molecule has 0 spiro atoms. The number of carbonyl (C=O) groups excluding carboxylic acids is 4. The molecule has 9 nitrogen and oxygen atoms in total. The number of amides is 4. The summed E-state index contributed by atoms with van der Waals surface area (Å²) >= 11 is 0. The molecular weight excluding hydrogens is 390 g/mol. The van der Waals surface area contributed by atoms with E-state index in [1.165, 1.54) is 19.2 Å². The maximum absolute atomic E-state index is 12.3. The summed E-state index contributed by atoms with van der Waals surface area (Å²) in [7, 11) is 1.46. The molecule has 156 valence electrons. The molecule has 0 saturated heterocycles. The number of nitrogens with zero attached hydrogens (tertiary/aromatic N) is 1. The fraction of sp³-hybridized carbons (Fsp3) is 0.238. The number of nitrogens with one attached hydrogen (secondary N) is 2. The summed E-state index contributed by atoms with van der Waals surface area (Å²) in [6, 6.07) is 11.1. The first-order valence-electron chi connectivity index (χ1n) is 9.31. The van der Waals surface area contributed by atoms with E-state index in [-0.39, 0.29) is 18.5 Å². The Morgan fingerprint density at radius 1 is 0.967 bits per heavy atom. The zero-order valence-electron chi connectivity index (χ0n) is 16.6. The van der Waals surface area contributed by atoms with Gasteiger partial charge in [0.15, 0.2) is 11.5 Å². The second-order valence-corrected chi connectivity index (χ2v) is 6.36. The molecule has 0 saturated carbocycles. The number of hydrazine groups is 1. The van der Waals surface area contributed by atoms with Gasteiger partial charge in [-0.3, -0.25) is 34.9 Å². The van der Waals surface area contributed by atoms with E-state index in [4.69, 9.17) is 9.47 Å². The Morgan fingerprint density at radius 2 is 1.63 bits per heavy atom. The van der Waals surface area contributed by atoms with E-state index < -0.39 is 23.6 Å². The standard InChI is InChI=1S/C21H21N3O6/c1-3-30-16-9-8-13(12-17(16)29-2)19(26)23-22-18(25)10-11-24-20(27)14-6-4-5-7-15(14)21(24)28/h4-9,12H,3,10-11H2,1-2H3,(H,22,25)(H,23,26). The number of hydrogen-bond acceptors (Lipinski definition) is 6. The molecule has 0 atom stereocenters. The Kier molecular flexibility index (Phi) is 6.31. The predicted molar refractivity (Wildman–Crippen MR) is 106 cm³/mol. The summed E-state index contributed by atoms with van der Waals surface area (Å²) in [5.41, 5.74) is 5.47. The van der Waals surface area contributed by atoms with Crippen molar-refractivity contribution in [2.75, 3.05) is 20.3 Å². The van der Waals surface area contributed by atoms with E-state index in [1.54, 1.807) is 30.3 Å². The van der Waals surface area contributed by atoms with Gasteiger partial charge in [-0.1, -0.05) is 12.1 Å². The van der Waals surface area contributed by atoms with Crippen molar-refractivity contribution in [1.29, 1.82) is 0 Å². The van der Waals surface area contributed by atoms with Crippen molar-refractivity contribution >= 4 is 23.6 Å². The smallest absolute Gasteiger partial charge is 0.269 e. The number of rotatable bonds is 7. The van der Waals surface area contributed by atoms with Crippen LogP contribution in [-0.4, -0.2) is 48.8 Å². The van der Waals surface area contributed by atoms with E-state index in [0.29, 0.717) is 29.2 Å². The van der Waals surface area contributed by atoms with Crippen LogP contribution in [0.25, 0.3) is 0 Å². The Morgan fingerprint density at radius 3 is 2.23 bits per heavy atom. The minimum atomic E-state index is -0.551. The monoisotopic (exact) mass is 411 g/mol. The number of carbonyl (C=O) groups is 4. The first-order valence-corrected chi connectivity index (χ1v) is 9.31. The number of benzene rings is 2. The molecule has 2 aromatic carbocycles. The average Bonchev–Trinajstić information content (AvgIpc) is 3.01. The Bertz CT molecular complexity index is 969. The predicted octanol–water partition coefficient (Wildman–Crippen LogP) is 1.54. The van der Waals surface area contributed by atoms with Gasteiger partial charge in [0.25, 0.3) is 17.7 Å². The van der Waals surface area contributed by atoms with Crippen molar-refractivity contribution in [1.82, 2.24) is 15.8 Å². The molecule has 1 aliphatic rings. The van der Waals surface area contributed by atoms with Gasteiger partial charge in [-0.2, -0.15) is 0 Å². The Balaban J connectivity index is 1.52. The molecule has 4 amide bonds. The maximum Gasteiger partial charge on any atom is 0.269 e. The van der Waals surface area contributed by atoms with Gasteiger partial charge in [0.2, 0.25) is 5.91 Å². The lowest BCUT2D eigenvalue weighted by molar-refractivity contribution is -0.121. The molecule has 3 rings (SSSR count). The maximum atomic E-state index is 12.3. The summed E-state index contributed by atoms with van der Waals surface area (Å²) in [5, 5.41) is 0. The van der Waals surface area contributed by atoms with Crippen LogP contribution in [0, 0.1) is 0 Å². The van der Waals surface area contributed by atoms with Gasteiger partial charge in [0.1, 0.15) is 0 Å². The number of hydrogen-bond donors (Lipinski definition) is 2. The molecule has 2 N–H and O–H groups in total. The molecular formula is C21H21N3O6. The van der Waals surface area contributed by atoms with Gasteiger partial charge >= 0.3 is 0 Å². The van der Waals surface area contributed by atoms with E-state index >= 15 is 0 Å². The molecule has 1 aliphatic heterocycles. The second kappa shape index (κ2) is 9.08. The third-order valence-corrected chi connectivity index (χ3v) is 4.48. The fourth-order valence-corrected chi connectivity index (χ4v) is 3.00. The van der Waals surface area contributed by atoms with Crippen LogP contribution in [-0.2, 0) is 4.79 Å². The highest BCUT2D eigenvalue weighted by molar-refractivity contribution is 6.21. The highest BCUT2D eigenvalue weighted by Crippen LogP contribution is 2.28. The molecule has 1 heterocycles. The van der Waals surface area contributed by atoms with Crippen molar-refractivity contribution < 1.29 is 28.7 Å². The first kappa shape index (κ1) is 20.8.